The average molecular weight is 353 g/mol. The zero-order chi connectivity index (χ0) is 17.9. The first-order valence-electron chi connectivity index (χ1n) is 9.41. The largest absolute Gasteiger partial charge is 0.383 e. The molecule has 2 aromatic heterocycles. The normalized spacial score (nSPS) is 18.6. The van der Waals surface area contributed by atoms with E-state index in [2.05, 4.69) is 44.6 Å². The fraction of sp³-hybridized carbons (Fsp3) is 0.500. The van der Waals surface area contributed by atoms with Gasteiger partial charge in [0, 0.05) is 38.5 Å². The molecule has 1 saturated heterocycles. The summed E-state index contributed by atoms with van der Waals surface area (Å²) < 4.78 is 7.39. The maximum absolute atomic E-state index is 5.20. The third-order valence-corrected chi connectivity index (χ3v) is 5.33. The van der Waals surface area contributed by atoms with Crippen molar-refractivity contribution in [1.82, 2.24) is 24.4 Å². The van der Waals surface area contributed by atoms with Crippen molar-refractivity contribution in [2.45, 2.75) is 38.8 Å². The highest BCUT2D eigenvalue weighted by Gasteiger charge is 2.25. The van der Waals surface area contributed by atoms with Gasteiger partial charge in [0.2, 0.25) is 0 Å². The molecular weight excluding hydrogens is 326 g/mol. The van der Waals surface area contributed by atoms with Crippen molar-refractivity contribution in [2.75, 3.05) is 26.8 Å². The lowest BCUT2D eigenvalue weighted by Crippen LogP contribution is -2.35. The lowest BCUT2D eigenvalue weighted by molar-refractivity contribution is 0.175. The lowest BCUT2D eigenvalue weighted by Gasteiger charge is -2.31. The van der Waals surface area contributed by atoms with E-state index in [0.29, 0.717) is 12.5 Å². The zero-order valence-corrected chi connectivity index (χ0v) is 15.6. The molecule has 1 aliphatic heterocycles. The van der Waals surface area contributed by atoms with Gasteiger partial charge < -0.3 is 14.3 Å². The Morgan fingerprint density at radius 3 is 3.12 bits per heavy atom. The number of aromatic amines is 1. The van der Waals surface area contributed by atoms with E-state index in [9.17, 15) is 0 Å². The molecule has 1 N–H and O–H groups in total. The van der Waals surface area contributed by atoms with Crippen molar-refractivity contribution in [3.63, 3.8) is 0 Å². The molecule has 0 radical (unpaired) electrons. The number of fused-ring (bicyclic) bond motifs is 1. The van der Waals surface area contributed by atoms with Crippen LogP contribution in [0, 0.1) is 6.92 Å². The van der Waals surface area contributed by atoms with Crippen LogP contribution in [0.2, 0.25) is 0 Å². The van der Waals surface area contributed by atoms with Gasteiger partial charge >= 0.3 is 0 Å². The van der Waals surface area contributed by atoms with Gasteiger partial charge in [-0.1, -0.05) is 12.1 Å². The number of aryl methyl sites for hydroxylation is 1. The molecule has 1 fully saturated rings. The summed E-state index contributed by atoms with van der Waals surface area (Å²) in [5.74, 6) is 2.70. The van der Waals surface area contributed by atoms with Crippen LogP contribution in [0.25, 0.3) is 11.0 Å². The number of benzene rings is 1. The molecule has 1 atom stereocenters. The third kappa shape index (κ3) is 3.52. The van der Waals surface area contributed by atoms with Crippen molar-refractivity contribution < 1.29 is 4.74 Å². The summed E-state index contributed by atoms with van der Waals surface area (Å²) in [7, 11) is 1.74. The number of hydrogen-bond acceptors (Lipinski definition) is 4. The van der Waals surface area contributed by atoms with Crippen LogP contribution in [-0.2, 0) is 17.8 Å². The maximum Gasteiger partial charge on any atom is 0.122 e. The van der Waals surface area contributed by atoms with Gasteiger partial charge in [-0.2, -0.15) is 0 Å². The summed E-state index contributed by atoms with van der Waals surface area (Å²) in [6.07, 6.45) is 6.30. The second-order valence-electron chi connectivity index (χ2n) is 7.20. The van der Waals surface area contributed by atoms with E-state index in [1.807, 2.05) is 12.4 Å². The van der Waals surface area contributed by atoms with Crippen LogP contribution in [0.5, 0.6) is 0 Å². The van der Waals surface area contributed by atoms with E-state index in [1.54, 1.807) is 7.11 Å². The first-order valence-corrected chi connectivity index (χ1v) is 9.41. The Bertz CT molecular complexity index is 868. The quantitative estimate of drug-likeness (QED) is 0.740. The molecule has 6 nitrogen and oxygen atoms in total. The Morgan fingerprint density at radius 2 is 2.27 bits per heavy atom. The number of nitrogens with zero attached hydrogens (tertiary/aromatic N) is 4. The minimum absolute atomic E-state index is 0.456. The highest BCUT2D eigenvalue weighted by atomic mass is 16.5. The number of nitrogens with one attached hydrogen (secondary N) is 1. The van der Waals surface area contributed by atoms with Crippen LogP contribution < -0.4 is 0 Å². The summed E-state index contributed by atoms with van der Waals surface area (Å²) >= 11 is 0. The Labute approximate surface area is 154 Å². The predicted molar refractivity (Wildman–Crippen MR) is 102 cm³/mol. The van der Waals surface area contributed by atoms with Crippen molar-refractivity contribution in [3.05, 3.63) is 47.8 Å². The summed E-state index contributed by atoms with van der Waals surface area (Å²) in [6.45, 7) is 6.71. The summed E-state index contributed by atoms with van der Waals surface area (Å²) in [6, 6.07) is 6.33. The molecule has 0 spiro atoms. The van der Waals surface area contributed by atoms with Gasteiger partial charge in [-0.15, -0.1) is 0 Å². The van der Waals surface area contributed by atoms with Crippen molar-refractivity contribution >= 4 is 11.0 Å². The number of likely N-dealkylation sites (tertiary alicyclic amines) is 1. The Kier molecular flexibility index (Phi) is 5.04. The molecule has 0 aliphatic carbocycles. The van der Waals surface area contributed by atoms with Gasteiger partial charge in [0.05, 0.1) is 24.2 Å². The van der Waals surface area contributed by atoms with Crippen LogP contribution in [0.4, 0.5) is 0 Å². The second-order valence-corrected chi connectivity index (χ2v) is 7.20. The smallest absolute Gasteiger partial charge is 0.122 e. The van der Waals surface area contributed by atoms with Crippen LogP contribution in [0.1, 0.15) is 36.0 Å². The minimum Gasteiger partial charge on any atom is -0.383 e. The molecule has 3 heterocycles. The molecule has 4 rings (SSSR count). The summed E-state index contributed by atoms with van der Waals surface area (Å²) in [5.41, 5.74) is 3.49. The first kappa shape index (κ1) is 17.2. The van der Waals surface area contributed by atoms with E-state index in [-0.39, 0.29) is 0 Å². The van der Waals surface area contributed by atoms with Crippen molar-refractivity contribution in [2.24, 2.45) is 0 Å². The monoisotopic (exact) mass is 353 g/mol. The molecule has 0 saturated carbocycles. The highest BCUT2D eigenvalue weighted by Crippen LogP contribution is 2.28. The average Bonchev–Trinajstić information content (AvgIpc) is 3.28. The molecule has 0 amide bonds. The fourth-order valence-electron chi connectivity index (χ4n) is 3.90. The molecule has 26 heavy (non-hydrogen) atoms. The minimum atomic E-state index is 0.456. The number of piperidine rings is 1. The number of imidazole rings is 2. The van der Waals surface area contributed by atoms with E-state index in [4.69, 9.17) is 9.72 Å². The lowest BCUT2D eigenvalue weighted by atomic mass is 9.97. The second kappa shape index (κ2) is 7.60. The molecular formula is C20H27N5O. The molecule has 6 heteroatoms. The molecule has 138 valence electrons. The van der Waals surface area contributed by atoms with Crippen LogP contribution in [0.15, 0.2) is 30.6 Å². The van der Waals surface area contributed by atoms with Crippen LogP contribution in [-0.4, -0.2) is 51.2 Å². The molecule has 0 bridgehead atoms. The topological polar surface area (TPSA) is 59.0 Å². The predicted octanol–water partition coefficient (Wildman–Crippen LogP) is 3.09. The molecule has 1 unspecified atom stereocenters. The van der Waals surface area contributed by atoms with Crippen LogP contribution in [0.3, 0.4) is 0 Å². The zero-order valence-electron chi connectivity index (χ0n) is 15.6. The number of methoxy groups -OCH3 is 1. The number of hydrogen-bond donors (Lipinski definition) is 1. The Balaban J connectivity index is 1.47. The van der Waals surface area contributed by atoms with E-state index in [0.717, 1.165) is 48.9 Å². The van der Waals surface area contributed by atoms with Gasteiger partial charge in [0.25, 0.3) is 0 Å². The summed E-state index contributed by atoms with van der Waals surface area (Å²) in [4.78, 5) is 15.5. The van der Waals surface area contributed by atoms with Gasteiger partial charge in [-0.3, -0.25) is 4.90 Å². The maximum atomic E-state index is 5.20. The van der Waals surface area contributed by atoms with Crippen molar-refractivity contribution in [3.8, 4) is 0 Å². The number of rotatable bonds is 6. The SMILES string of the molecule is COCCn1ccnc1CN1CCCC(c2nc3c(C)cccc3[nH]2)C1. The van der Waals surface area contributed by atoms with E-state index >= 15 is 0 Å². The molecule has 3 aromatic rings. The van der Waals surface area contributed by atoms with E-state index in [1.165, 1.54) is 18.4 Å². The van der Waals surface area contributed by atoms with Crippen LogP contribution >= 0.6 is 0 Å². The van der Waals surface area contributed by atoms with Gasteiger partial charge in [0.1, 0.15) is 11.6 Å². The first-order chi connectivity index (χ1) is 12.7. The van der Waals surface area contributed by atoms with Gasteiger partial charge in [-0.25, -0.2) is 9.97 Å². The molecule has 1 aliphatic rings. The van der Waals surface area contributed by atoms with Gasteiger partial charge in [0.15, 0.2) is 0 Å². The number of para-hydroxylation sites is 1. The third-order valence-electron chi connectivity index (χ3n) is 5.33. The number of H-pyrrole nitrogens is 1. The number of aromatic nitrogens is 4. The fourth-order valence-corrected chi connectivity index (χ4v) is 3.90. The number of ether oxygens (including phenoxy) is 1. The Hall–Kier alpha value is -2.18. The highest BCUT2D eigenvalue weighted by molar-refractivity contribution is 5.78. The van der Waals surface area contributed by atoms with Gasteiger partial charge in [-0.05, 0) is 37.9 Å². The Morgan fingerprint density at radius 1 is 1.35 bits per heavy atom. The summed E-state index contributed by atoms with van der Waals surface area (Å²) in [5, 5.41) is 0. The molecule has 1 aromatic carbocycles. The van der Waals surface area contributed by atoms with E-state index < -0.39 is 0 Å². The van der Waals surface area contributed by atoms with Crippen molar-refractivity contribution in [1.29, 1.82) is 0 Å². The standard InChI is InChI=1S/C20H27N5O/c1-15-5-3-7-17-19(15)23-20(22-17)16-6-4-9-24(13-16)14-18-21-8-10-25(18)11-12-26-2/h3,5,7-8,10,16H,4,6,9,11-14H2,1-2H3,(H,22,23).